The Balaban J connectivity index is 2.33. The largest absolute Gasteiger partial charge is 0.481 e. The van der Waals surface area contributed by atoms with E-state index < -0.39 is 5.97 Å². The van der Waals surface area contributed by atoms with Crippen LogP contribution in [0.2, 0.25) is 0 Å². The van der Waals surface area contributed by atoms with E-state index in [1.807, 2.05) is 22.6 Å². The molecule has 0 bridgehead atoms. The SMILES string of the molecule is O=C(O)Cc1cn(-c2ccc(F)cc2I)nn1. The number of aliphatic carboxylic acids is 1. The first kappa shape index (κ1) is 12.0. The quantitative estimate of drug-likeness (QED) is 0.858. The summed E-state index contributed by atoms with van der Waals surface area (Å²) in [5.41, 5.74) is 1.02. The molecule has 0 saturated heterocycles. The summed E-state index contributed by atoms with van der Waals surface area (Å²) in [6.07, 6.45) is 1.33. The minimum absolute atomic E-state index is 0.183. The molecule has 1 N–H and O–H groups in total. The van der Waals surface area contributed by atoms with E-state index in [9.17, 15) is 9.18 Å². The van der Waals surface area contributed by atoms with Crippen LogP contribution in [0, 0.1) is 9.39 Å². The maximum Gasteiger partial charge on any atom is 0.309 e. The standard InChI is InChI=1S/C10H7FIN3O2/c11-6-1-2-9(8(12)3-6)15-5-7(13-14-15)4-10(16)17/h1-3,5H,4H2,(H,16,17). The molecule has 2 rings (SSSR count). The highest BCUT2D eigenvalue weighted by molar-refractivity contribution is 14.1. The molecule has 5 nitrogen and oxygen atoms in total. The zero-order chi connectivity index (χ0) is 12.4. The zero-order valence-electron chi connectivity index (χ0n) is 8.47. The molecule has 7 heteroatoms. The molecule has 0 fully saturated rings. The van der Waals surface area contributed by atoms with E-state index in [2.05, 4.69) is 10.3 Å². The second-order valence-corrected chi connectivity index (χ2v) is 4.48. The molecular formula is C10H7FIN3O2. The fraction of sp³-hybridized carbons (Fsp3) is 0.100. The van der Waals surface area contributed by atoms with E-state index in [0.717, 1.165) is 0 Å². The van der Waals surface area contributed by atoms with Crippen LogP contribution in [0.3, 0.4) is 0 Å². The fourth-order valence-electron chi connectivity index (χ4n) is 1.32. The van der Waals surface area contributed by atoms with Gasteiger partial charge in [0.15, 0.2) is 0 Å². The van der Waals surface area contributed by atoms with E-state index in [-0.39, 0.29) is 12.2 Å². The van der Waals surface area contributed by atoms with Crippen LogP contribution in [-0.4, -0.2) is 26.1 Å². The van der Waals surface area contributed by atoms with Gasteiger partial charge in [0.2, 0.25) is 0 Å². The number of hydrogen-bond acceptors (Lipinski definition) is 3. The average Bonchev–Trinajstić information content (AvgIpc) is 2.65. The number of carboxylic acid groups (broad SMARTS) is 1. The van der Waals surface area contributed by atoms with Crippen molar-refractivity contribution in [3.8, 4) is 5.69 Å². The van der Waals surface area contributed by atoms with Crippen molar-refractivity contribution < 1.29 is 14.3 Å². The first-order valence-corrected chi connectivity index (χ1v) is 5.72. The maximum absolute atomic E-state index is 12.9. The lowest BCUT2D eigenvalue weighted by Crippen LogP contribution is -2.00. The number of benzene rings is 1. The van der Waals surface area contributed by atoms with E-state index in [0.29, 0.717) is 15.0 Å². The van der Waals surface area contributed by atoms with E-state index >= 15 is 0 Å². The molecule has 0 radical (unpaired) electrons. The summed E-state index contributed by atoms with van der Waals surface area (Å²) < 4.78 is 15.0. The molecule has 0 atom stereocenters. The van der Waals surface area contributed by atoms with Crippen LogP contribution >= 0.6 is 22.6 Å². The Bertz CT molecular complexity index is 570. The van der Waals surface area contributed by atoms with Gasteiger partial charge in [0.25, 0.3) is 0 Å². The summed E-state index contributed by atoms with van der Waals surface area (Å²) in [6, 6.07) is 4.25. The summed E-state index contributed by atoms with van der Waals surface area (Å²) in [5.74, 6) is -1.30. The molecule has 0 aliphatic carbocycles. The molecule has 1 aromatic heterocycles. The van der Waals surface area contributed by atoms with Crippen LogP contribution in [0.25, 0.3) is 5.69 Å². The first-order valence-electron chi connectivity index (χ1n) is 4.64. The van der Waals surface area contributed by atoms with Gasteiger partial charge >= 0.3 is 5.97 Å². The number of carbonyl (C=O) groups is 1. The highest BCUT2D eigenvalue weighted by Crippen LogP contribution is 2.17. The summed E-state index contributed by atoms with van der Waals surface area (Å²) in [7, 11) is 0. The van der Waals surface area contributed by atoms with Gasteiger partial charge in [-0.2, -0.15) is 0 Å². The second-order valence-electron chi connectivity index (χ2n) is 3.32. The highest BCUT2D eigenvalue weighted by atomic mass is 127. The Morgan fingerprint density at radius 1 is 1.53 bits per heavy atom. The molecule has 2 aromatic rings. The minimum Gasteiger partial charge on any atom is -0.481 e. The maximum atomic E-state index is 12.9. The summed E-state index contributed by atoms with van der Waals surface area (Å²) in [4.78, 5) is 10.5. The lowest BCUT2D eigenvalue weighted by molar-refractivity contribution is -0.136. The molecule has 17 heavy (non-hydrogen) atoms. The third-order valence-corrected chi connectivity index (χ3v) is 2.89. The van der Waals surface area contributed by atoms with Crippen molar-refractivity contribution in [3.05, 3.63) is 39.5 Å². The molecule has 0 aliphatic rings. The van der Waals surface area contributed by atoms with Crippen LogP contribution < -0.4 is 0 Å². The van der Waals surface area contributed by atoms with Gasteiger partial charge < -0.3 is 5.11 Å². The fourth-order valence-corrected chi connectivity index (χ4v) is 2.04. The van der Waals surface area contributed by atoms with Crippen molar-refractivity contribution in [1.82, 2.24) is 15.0 Å². The monoisotopic (exact) mass is 347 g/mol. The topological polar surface area (TPSA) is 68.0 Å². The molecular weight excluding hydrogens is 340 g/mol. The Labute approximate surface area is 109 Å². The van der Waals surface area contributed by atoms with Crippen molar-refractivity contribution in [2.45, 2.75) is 6.42 Å². The molecule has 0 amide bonds. The van der Waals surface area contributed by atoms with Crippen molar-refractivity contribution in [3.63, 3.8) is 0 Å². The lowest BCUT2D eigenvalue weighted by Gasteiger charge is -2.02. The molecule has 88 valence electrons. The van der Waals surface area contributed by atoms with Crippen molar-refractivity contribution in [2.24, 2.45) is 0 Å². The number of hydrogen-bond donors (Lipinski definition) is 1. The van der Waals surface area contributed by atoms with E-state index in [4.69, 9.17) is 5.11 Å². The zero-order valence-corrected chi connectivity index (χ0v) is 10.6. The lowest BCUT2D eigenvalue weighted by atomic mass is 10.3. The van der Waals surface area contributed by atoms with Crippen molar-refractivity contribution >= 4 is 28.6 Å². The van der Waals surface area contributed by atoms with Crippen molar-refractivity contribution in [1.29, 1.82) is 0 Å². The first-order chi connectivity index (χ1) is 8.06. The molecule has 0 unspecified atom stereocenters. The number of halogens is 2. The van der Waals surface area contributed by atoms with Gasteiger partial charge in [-0.25, -0.2) is 9.07 Å². The van der Waals surface area contributed by atoms with Crippen LogP contribution in [0.1, 0.15) is 5.69 Å². The number of aromatic nitrogens is 3. The molecule has 0 spiro atoms. The third kappa shape index (κ3) is 2.78. The number of carboxylic acids is 1. The van der Waals surface area contributed by atoms with Crippen LogP contribution in [-0.2, 0) is 11.2 Å². The van der Waals surface area contributed by atoms with Gasteiger partial charge in [-0.3, -0.25) is 4.79 Å². The molecule has 0 aliphatic heterocycles. The minimum atomic E-state index is -0.967. The summed E-state index contributed by atoms with van der Waals surface area (Å²) in [5, 5.41) is 16.1. The van der Waals surface area contributed by atoms with Crippen LogP contribution in [0.4, 0.5) is 4.39 Å². The van der Waals surface area contributed by atoms with Gasteiger partial charge in [0.05, 0.1) is 24.0 Å². The smallest absolute Gasteiger partial charge is 0.309 e. The molecule has 0 saturated carbocycles. The Hall–Kier alpha value is -1.51. The van der Waals surface area contributed by atoms with E-state index in [1.54, 1.807) is 6.07 Å². The van der Waals surface area contributed by atoms with Crippen LogP contribution in [0.15, 0.2) is 24.4 Å². The Kier molecular flexibility index (Phi) is 3.36. The van der Waals surface area contributed by atoms with Crippen LogP contribution in [0.5, 0.6) is 0 Å². The third-order valence-electron chi connectivity index (χ3n) is 2.03. The number of nitrogens with zero attached hydrogens (tertiary/aromatic N) is 3. The summed E-state index contributed by atoms with van der Waals surface area (Å²) >= 11 is 1.98. The summed E-state index contributed by atoms with van der Waals surface area (Å²) in [6.45, 7) is 0. The predicted octanol–water partition coefficient (Wildman–Crippen LogP) is 1.64. The normalized spacial score (nSPS) is 10.5. The Morgan fingerprint density at radius 2 is 2.29 bits per heavy atom. The van der Waals surface area contributed by atoms with Gasteiger partial charge in [-0.15, -0.1) is 5.10 Å². The highest BCUT2D eigenvalue weighted by Gasteiger charge is 2.09. The Morgan fingerprint density at radius 3 is 2.94 bits per heavy atom. The van der Waals surface area contributed by atoms with Gasteiger partial charge in [-0.05, 0) is 40.8 Å². The predicted molar refractivity (Wildman–Crippen MR) is 65.4 cm³/mol. The van der Waals surface area contributed by atoms with Gasteiger partial charge in [-0.1, -0.05) is 5.21 Å². The number of rotatable bonds is 3. The van der Waals surface area contributed by atoms with Gasteiger partial charge in [0.1, 0.15) is 5.82 Å². The average molecular weight is 347 g/mol. The molecule has 1 heterocycles. The van der Waals surface area contributed by atoms with Gasteiger partial charge in [0, 0.05) is 3.57 Å². The van der Waals surface area contributed by atoms with E-state index in [1.165, 1.54) is 23.0 Å². The molecule has 1 aromatic carbocycles. The van der Waals surface area contributed by atoms with Crippen molar-refractivity contribution in [2.75, 3.05) is 0 Å². The second kappa shape index (κ2) is 4.78.